The lowest BCUT2D eigenvalue weighted by molar-refractivity contribution is 0.179. The van der Waals surface area contributed by atoms with Crippen LogP contribution in [0.2, 0.25) is 0 Å². The van der Waals surface area contributed by atoms with Gasteiger partial charge in [-0.1, -0.05) is 12.1 Å². The molecule has 9 heteroatoms. The number of pyridine rings is 1. The highest BCUT2D eigenvalue weighted by molar-refractivity contribution is 7.89. The van der Waals surface area contributed by atoms with Gasteiger partial charge in [0.25, 0.3) is 5.71 Å². The van der Waals surface area contributed by atoms with Crippen LogP contribution in [0, 0.1) is 0 Å². The highest BCUT2D eigenvalue weighted by Gasteiger charge is 2.36. The summed E-state index contributed by atoms with van der Waals surface area (Å²) in [5, 5.41) is 7.97. The number of rotatable bonds is 4. The fraction of sp³-hybridized carbons (Fsp3) is 0.625. The van der Waals surface area contributed by atoms with Crippen LogP contribution in [-0.4, -0.2) is 73.1 Å². The van der Waals surface area contributed by atoms with E-state index in [4.69, 9.17) is 4.52 Å². The van der Waals surface area contributed by atoms with Crippen molar-refractivity contribution in [2.75, 3.05) is 39.3 Å². The predicted octanol–water partition coefficient (Wildman–Crippen LogP) is 0.453. The number of piperazine rings is 1. The zero-order valence-electron chi connectivity index (χ0n) is 14.3. The van der Waals surface area contributed by atoms with Gasteiger partial charge in [0.15, 0.2) is 0 Å². The molecular weight excluding hydrogens is 342 g/mol. The van der Waals surface area contributed by atoms with Crippen LogP contribution >= 0.6 is 0 Å². The second kappa shape index (κ2) is 6.64. The summed E-state index contributed by atoms with van der Waals surface area (Å²) in [4.78, 5) is 6.76. The maximum atomic E-state index is 13.0. The van der Waals surface area contributed by atoms with E-state index < -0.39 is 10.0 Å². The number of nitrogens with one attached hydrogen (secondary N) is 1. The lowest BCUT2D eigenvalue weighted by atomic mass is 10.2. The van der Waals surface area contributed by atoms with Gasteiger partial charge in [-0.15, -0.1) is 0 Å². The third kappa shape index (κ3) is 3.05. The largest absolute Gasteiger partial charge is 0.336 e. The number of aryl methyl sites for hydroxylation is 1. The smallest absolute Gasteiger partial charge is 0.258 e. The quantitative estimate of drug-likeness (QED) is 0.841. The SMILES string of the molecule is CCc1noc2ncc(S(=O)(=O)N3CCC(N4CCNCC4)C3)cc12. The molecule has 0 bridgehead atoms. The summed E-state index contributed by atoms with van der Waals surface area (Å²) >= 11 is 0. The van der Waals surface area contributed by atoms with Gasteiger partial charge in [-0.3, -0.25) is 4.90 Å². The summed E-state index contributed by atoms with van der Waals surface area (Å²) in [6.45, 7) is 6.95. The van der Waals surface area contributed by atoms with Crippen LogP contribution < -0.4 is 5.32 Å². The molecule has 0 aliphatic carbocycles. The first-order chi connectivity index (χ1) is 12.1. The molecule has 0 radical (unpaired) electrons. The molecule has 2 aliphatic rings. The molecule has 2 aliphatic heterocycles. The normalized spacial score (nSPS) is 23.5. The van der Waals surface area contributed by atoms with Crippen LogP contribution in [0.5, 0.6) is 0 Å². The third-order valence-electron chi connectivity index (χ3n) is 5.15. The molecule has 2 saturated heterocycles. The Labute approximate surface area is 147 Å². The van der Waals surface area contributed by atoms with Gasteiger partial charge in [-0.2, -0.15) is 4.31 Å². The van der Waals surface area contributed by atoms with E-state index >= 15 is 0 Å². The number of hydrogen-bond acceptors (Lipinski definition) is 7. The number of nitrogens with zero attached hydrogens (tertiary/aromatic N) is 4. The molecule has 1 unspecified atom stereocenters. The van der Waals surface area contributed by atoms with Crippen molar-refractivity contribution in [2.45, 2.75) is 30.7 Å². The Morgan fingerprint density at radius 1 is 1.32 bits per heavy atom. The van der Waals surface area contributed by atoms with E-state index in [1.165, 1.54) is 6.20 Å². The minimum Gasteiger partial charge on any atom is -0.336 e. The van der Waals surface area contributed by atoms with Gasteiger partial charge < -0.3 is 9.84 Å². The highest BCUT2D eigenvalue weighted by atomic mass is 32.2. The molecule has 8 nitrogen and oxygen atoms in total. The molecule has 4 rings (SSSR count). The molecule has 0 aromatic carbocycles. The van der Waals surface area contributed by atoms with E-state index in [1.54, 1.807) is 10.4 Å². The molecule has 136 valence electrons. The molecule has 2 aromatic heterocycles. The minimum atomic E-state index is -3.55. The lowest BCUT2D eigenvalue weighted by Crippen LogP contribution is -2.49. The predicted molar refractivity (Wildman–Crippen MR) is 92.8 cm³/mol. The number of sulfonamides is 1. The van der Waals surface area contributed by atoms with Crippen LogP contribution in [0.3, 0.4) is 0 Å². The Morgan fingerprint density at radius 3 is 2.88 bits per heavy atom. The van der Waals surface area contributed by atoms with E-state index in [0.717, 1.165) is 38.3 Å². The van der Waals surface area contributed by atoms with E-state index in [0.29, 0.717) is 36.7 Å². The Hall–Kier alpha value is -1.55. The Balaban J connectivity index is 1.57. The van der Waals surface area contributed by atoms with Crippen molar-refractivity contribution in [2.24, 2.45) is 0 Å². The minimum absolute atomic E-state index is 0.221. The van der Waals surface area contributed by atoms with Crippen molar-refractivity contribution in [1.29, 1.82) is 0 Å². The first-order valence-electron chi connectivity index (χ1n) is 8.79. The molecule has 1 N–H and O–H groups in total. The molecule has 0 saturated carbocycles. The van der Waals surface area contributed by atoms with Crippen molar-refractivity contribution >= 4 is 21.1 Å². The average Bonchev–Trinajstić information content (AvgIpc) is 3.29. The molecule has 0 amide bonds. The summed E-state index contributed by atoms with van der Waals surface area (Å²) in [5.74, 6) is 0. The van der Waals surface area contributed by atoms with Crippen molar-refractivity contribution in [3.8, 4) is 0 Å². The number of fused-ring (bicyclic) bond motifs is 1. The highest BCUT2D eigenvalue weighted by Crippen LogP contribution is 2.26. The van der Waals surface area contributed by atoms with Gasteiger partial charge in [0.2, 0.25) is 10.0 Å². The number of hydrogen-bond donors (Lipinski definition) is 1. The van der Waals surface area contributed by atoms with Crippen LogP contribution in [0.1, 0.15) is 19.0 Å². The van der Waals surface area contributed by atoms with Crippen molar-refractivity contribution in [3.63, 3.8) is 0 Å². The van der Waals surface area contributed by atoms with Gasteiger partial charge >= 0.3 is 0 Å². The fourth-order valence-electron chi connectivity index (χ4n) is 3.68. The second-order valence-corrected chi connectivity index (χ2v) is 8.54. The average molecular weight is 365 g/mol. The van der Waals surface area contributed by atoms with E-state index in [-0.39, 0.29) is 4.90 Å². The van der Waals surface area contributed by atoms with Crippen molar-refractivity contribution in [1.82, 2.24) is 24.7 Å². The molecule has 1 atom stereocenters. The van der Waals surface area contributed by atoms with E-state index in [9.17, 15) is 8.42 Å². The maximum Gasteiger partial charge on any atom is 0.258 e. The van der Waals surface area contributed by atoms with Gasteiger partial charge in [-0.05, 0) is 18.9 Å². The fourth-order valence-corrected chi connectivity index (χ4v) is 5.14. The van der Waals surface area contributed by atoms with Crippen LogP contribution in [0.25, 0.3) is 11.1 Å². The second-order valence-electron chi connectivity index (χ2n) is 6.60. The Morgan fingerprint density at radius 2 is 2.12 bits per heavy atom. The van der Waals surface area contributed by atoms with Gasteiger partial charge in [0.05, 0.1) is 17.3 Å². The molecule has 2 fully saturated rings. The van der Waals surface area contributed by atoms with Gasteiger partial charge in [0, 0.05) is 45.3 Å². The molecule has 4 heterocycles. The zero-order valence-corrected chi connectivity index (χ0v) is 15.1. The van der Waals surface area contributed by atoms with Crippen LogP contribution in [0.4, 0.5) is 0 Å². The zero-order chi connectivity index (χ0) is 17.4. The standard InChI is InChI=1S/C16H23N5O3S/c1-2-15-14-9-13(10-18-16(14)24-19-15)25(22,23)21-6-3-12(11-21)20-7-4-17-5-8-20/h9-10,12,17H,2-8,11H2,1H3. The third-order valence-corrected chi connectivity index (χ3v) is 6.98. The van der Waals surface area contributed by atoms with Gasteiger partial charge in [0.1, 0.15) is 4.90 Å². The molecule has 25 heavy (non-hydrogen) atoms. The Bertz CT molecular complexity index is 860. The summed E-state index contributed by atoms with van der Waals surface area (Å²) in [7, 11) is -3.55. The summed E-state index contributed by atoms with van der Waals surface area (Å²) < 4.78 is 32.8. The number of aromatic nitrogens is 2. The topological polar surface area (TPSA) is 91.6 Å². The van der Waals surface area contributed by atoms with Crippen LogP contribution in [0.15, 0.2) is 21.7 Å². The van der Waals surface area contributed by atoms with E-state index in [1.807, 2.05) is 6.92 Å². The monoisotopic (exact) mass is 365 g/mol. The molecule has 2 aromatic rings. The van der Waals surface area contributed by atoms with Crippen LogP contribution in [-0.2, 0) is 16.4 Å². The first-order valence-corrected chi connectivity index (χ1v) is 10.2. The Kier molecular flexibility index (Phi) is 4.48. The summed E-state index contributed by atoms with van der Waals surface area (Å²) in [5.41, 5.74) is 1.12. The molecule has 0 spiro atoms. The van der Waals surface area contributed by atoms with Gasteiger partial charge in [-0.25, -0.2) is 13.4 Å². The van der Waals surface area contributed by atoms with E-state index in [2.05, 4.69) is 20.4 Å². The van der Waals surface area contributed by atoms with Crippen molar-refractivity contribution < 1.29 is 12.9 Å². The molecular formula is C16H23N5O3S. The summed E-state index contributed by atoms with van der Waals surface area (Å²) in [6.07, 6.45) is 2.93. The lowest BCUT2D eigenvalue weighted by Gasteiger charge is -2.32. The first kappa shape index (κ1) is 16.9. The summed E-state index contributed by atoms with van der Waals surface area (Å²) in [6, 6.07) is 1.95. The maximum absolute atomic E-state index is 13.0. The van der Waals surface area contributed by atoms with Crippen molar-refractivity contribution in [3.05, 3.63) is 18.0 Å².